The van der Waals surface area contributed by atoms with E-state index in [1.54, 1.807) is 11.1 Å². The predicted octanol–water partition coefficient (Wildman–Crippen LogP) is 0.967. The molecule has 1 saturated heterocycles. The van der Waals surface area contributed by atoms with E-state index in [4.69, 9.17) is 5.21 Å². The molecular formula is C12H12FN3O2. The Morgan fingerprint density at radius 3 is 2.94 bits per heavy atom. The van der Waals surface area contributed by atoms with E-state index >= 15 is 0 Å². The Morgan fingerprint density at radius 2 is 2.17 bits per heavy atom. The Labute approximate surface area is 103 Å². The monoisotopic (exact) mass is 249 g/mol. The highest BCUT2D eigenvalue weighted by Gasteiger charge is 2.36. The first-order valence-corrected chi connectivity index (χ1v) is 5.79. The number of hydrogen-bond acceptors (Lipinski definition) is 4. The van der Waals surface area contributed by atoms with Gasteiger partial charge in [-0.05, 0) is 12.5 Å². The van der Waals surface area contributed by atoms with Gasteiger partial charge in [-0.25, -0.2) is 9.40 Å². The number of carbonyl (C=O) groups excluding carboxylic acids is 1. The molecule has 18 heavy (non-hydrogen) atoms. The van der Waals surface area contributed by atoms with Crippen molar-refractivity contribution in [2.75, 3.05) is 13.1 Å². The summed E-state index contributed by atoms with van der Waals surface area (Å²) in [7, 11) is 0. The number of nitrogens with zero attached hydrogens (tertiary/aromatic N) is 3. The van der Waals surface area contributed by atoms with Crippen LogP contribution in [0, 0.1) is 5.82 Å². The number of oxime groups is 1. The molecule has 5 nitrogen and oxygen atoms in total. The highest BCUT2D eigenvalue weighted by atomic mass is 19.1. The summed E-state index contributed by atoms with van der Waals surface area (Å²) in [5.41, 5.74) is 0.689. The van der Waals surface area contributed by atoms with Gasteiger partial charge in [-0.15, -0.1) is 0 Å². The normalized spacial score (nSPS) is 21.9. The van der Waals surface area contributed by atoms with Crippen molar-refractivity contribution in [2.45, 2.75) is 13.0 Å². The average Bonchev–Trinajstić information content (AvgIpc) is 2.78. The molecule has 0 radical (unpaired) electrons. The summed E-state index contributed by atoms with van der Waals surface area (Å²) in [6.07, 6.45) is 0.842. The largest absolute Gasteiger partial charge is 0.410 e. The number of amides is 1. The van der Waals surface area contributed by atoms with Gasteiger partial charge in [0.2, 0.25) is 0 Å². The number of hydrogen-bond donors (Lipinski definition) is 1. The van der Waals surface area contributed by atoms with Gasteiger partial charge in [0.05, 0.1) is 0 Å². The summed E-state index contributed by atoms with van der Waals surface area (Å²) in [6, 6.07) is 4.47. The van der Waals surface area contributed by atoms with Gasteiger partial charge in [0.1, 0.15) is 5.82 Å². The molecule has 2 aliphatic heterocycles. The quantitative estimate of drug-likeness (QED) is 0.550. The third-order valence-corrected chi connectivity index (χ3v) is 3.38. The van der Waals surface area contributed by atoms with Gasteiger partial charge in [-0.3, -0.25) is 9.80 Å². The highest BCUT2D eigenvalue weighted by Crippen LogP contribution is 2.25. The summed E-state index contributed by atoms with van der Waals surface area (Å²) >= 11 is 0. The van der Waals surface area contributed by atoms with Crippen LogP contribution in [0.4, 0.5) is 4.39 Å². The van der Waals surface area contributed by atoms with E-state index in [0.717, 1.165) is 6.42 Å². The third kappa shape index (κ3) is 1.49. The van der Waals surface area contributed by atoms with Crippen LogP contribution in [0.5, 0.6) is 0 Å². The van der Waals surface area contributed by atoms with E-state index in [9.17, 15) is 9.18 Å². The van der Waals surface area contributed by atoms with E-state index in [-0.39, 0.29) is 17.4 Å². The van der Waals surface area contributed by atoms with E-state index in [2.05, 4.69) is 5.16 Å². The zero-order chi connectivity index (χ0) is 12.7. The van der Waals surface area contributed by atoms with Gasteiger partial charge in [-0.1, -0.05) is 17.3 Å². The van der Waals surface area contributed by atoms with Crippen molar-refractivity contribution >= 4 is 11.6 Å². The molecule has 0 aliphatic carbocycles. The van der Waals surface area contributed by atoms with E-state index in [0.29, 0.717) is 30.8 Å². The lowest BCUT2D eigenvalue weighted by Crippen LogP contribution is -2.42. The zero-order valence-corrected chi connectivity index (χ0v) is 9.64. The maximum atomic E-state index is 13.9. The Balaban J connectivity index is 2.19. The first kappa shape index (κ1) is 11.2. The van der Waals surface area contributed by atoms with Crippen LogP contribution in [0.25, 0.3) is 0 Å². The molecule has 6 heteroatoms. The standard InChI is InChI=1S/C12H12FN3O2/c13-10-4-1-3-8-9(10)7-15-5-2-6-16(15)12(17)11(8)14-18/h1,3-4,18H,2,5-7H2/b14-11-. The lowest BCUT2D eigenvalue weighted by molar-refractivity contribution is -0.136. The number of carbonyl (C=O) groups is 1. The molecule has 94 valence electrons. The van der Waals surface area contributed by atoms with Gasteiger partial charge in [0.15, 0.2) is 5.71 Å². The highest BCUT2D eigenvalue weighted by molar-refractivity contribution is 6.45. The Kier molecular flexibility index (Phi) is 2.52. The minimum Gasteiger partial charge on any atom is -0.410 e. The van der Waals surface area contributed by atoms with Gasteiger partial charge < -0.3 is 5.21 Å². The smallest absolute Gasteiger partial charge is 0.290 e. The lowest BCUT2D eigenvalue weighted by atomic mass is 10.0. The number of hydrazine groups is 1. The summed E-state index contributed by atoms with van der Waals surface area (Å²) < 4.78 is 13.9. The SMILES string of the molecule is O=C1/C(=N\O)c2cccc(F)c2CN2CCCN12. The van der Waals surface area contributed by atoms with Crippen LogP contribution in [0.3, 0.4) is 0 Å². The number of fused-ring (bicyclic) bond motifs is 2. The van der Waals surface area contributed by atoms with E-state index in [1.807, 2.05) is 0 Å². The topological polar surface area (TPSA) is 56.1 Å². The number of benzene rings is 1. The van der Waals surface area contributed by atoms with Gasteiger partial charge in [0, 0.05) is 30.8 Å². The van der Waals surface area contributed by atoms with Crippen LogP contribution in [0.2, 0.25) is 0 Å². The fourth-order valence-electron chi connectivity index (χ4n) is 2.52. The molecule has 2 heterocycles. The van der Waals surface area contributed by atoms with Gasteiger partial charge in [0.25, 0.3) is 5.91 Å². The Bertz CT molecular complexity index is 544. The van der Waals surface area contributed by atoms with Crippen LogP contribution in [-0.4, -0.2) is 39.9 Å². The Hall–Kier alpha value is -1.95. The van der Waals surface area contributed by atoms with Crippen molar-refractivity contribution in [3.63, 3.8) is 0 Å². The number of rotatable bonds is 0. The second-order valence-corrected chi connectivity index (χ2v) is 4.38. The molecule has 1 aromatic carbocycles. The molecule has 0 saturated carbocycles. The van der Waals surface area contributed by atoms with Crippen molar-refractivity contribution < 1.29 is 14.4 Å². The minimum absolute atomic E-state index is 0.0890. The average molecular weight is 249 g/mol. The van der Waals surface area contributed by atoms with Crippen molar-refractivity contribution in [3.05, 3.63) is 35.1 Å². The molecule has 1 N–H and O–H groups in total. The van der Waals surface area contributed by atoms with Crippen molar-refractivity contribution in [1.29, 1.82) is 0 Å². The molecule has 0 spiro atoms. The van der Waals surface area contributed by atoms with E-state index in [1.165, 1.54) is 17.1 Å². The maximum Gasteiger partial charge on any atom is 0.290 e. The molecule has 0 bridgehead atoms. The van der Waals surface area contributed by atoms with Crippen molar-refractivity contribution in [2.24, 2.45) is 5.16 Å². The molecule has 0 atom stereocenters. The fraction of sp³-hybridized carbons (Fsp3) is 0.333. The van der Waals surface area contributed by atoms with Crippen LogP contribution < -0.4 is 0 Å². The Morgan fingerprint density at radius 1 is 1.33 bits per heavy atom. The summed E-state index contributed by atoms with van der Waals surface area (Å²) in [5, 5.41) is 15.4. The maximum absolute atomic E-state index is 13.9. The molecule has 2 aliphatic rings. The van der Waals surface area contributed by atoms with Crippen LogP contribution in [0.1, 0.15) is 17.5 Å². The van der Waals surface area contributed by atoms with E-state index < -0.39 is 0 Å². The number of halogens is 1. The molecule has 1 aromatic rings. The molecular weight excluding hydrogens is 237 g/mol. The van der Waals surface area contributed by atoms with Crippen LogP contribution in [-0.2, 0) is 11.3 Å². The second-order valence-electron chi connectivity index (χ2n) is 4.38. The molecule has 0 unspecified atom stereocenters. The minimum atomic E-state index is -0.379. The van der Waals surface area contributed by atoms with Crippen molar-refractivity contribution in [3.8, 4) is 0 Å². The summed E-state index contributed by atoms with van der Waals surface area (Å²) in [6.45, 7) is 1.61. The molecule has 3 rings (SSSR count). The zero-order valence-electron chi connectivity index (χ0n) is 9.64. The molecule has 1 amide bonds. The second kappa shape index (κ2) is 4.06. The lowest BCUT2D eigenvalue weighted by Gasteiger charge is -2.24. The van der Waals surface area contributed by atoms with Gasteiger partial charge in [-0.2, -0.15) is 0 Å². The van der Waals surface area contributed by atoms with Gasteiger partial charge >= 0.3 is 0 Å². The first-order valence-electron chi connectivity index (χ1n) is 5.79. The third-order valence-electron chi connectivity index (χ3n) is 3.38. The fourth-order valence-corrected chi connectivity index (χ4v) is 2.52. The van der Waals surface area contributed by atoms with Crippen LogP contribution >= 0.6 is 0 Å². The predicted molar refractivity (Wildman–Crippen MR) is 61.5 cm³/mol. The molecule has 0 aromatic heterocycles. The summed E-state index contributed by atoms with van der Waals surface area (Å²) in [5.74, 6) is -0.755. The summed E-state index contributed by atoms with van der Waals surface area (Å²) in [4.78, 5) is 12.2. The molecule has 1 fully saturated rings. The first-order chi connectivity index (χ1) is 8.72. The van der Waals surface area contributed by atoms with Crippen molar-refractivity contribution in [1.82, 2.24) is 10.0 Å². The van der Waals surface area contributed by atoms with Crippen LogP contribution in [0.15, 0.2) is 23.4 Å².